The first-order valence-electron chi connectivity index (χ1n) is 8.71. The number of carbonyl (C=O) groups is 1. The number of nitrogens with zero attached hydrogens (tertiary/aromatic N) is 2. The van der Waals surface area contributed by atoms with E-state index in [0.29, 0.717) is 18.1 Å². The van der Waals surface area contributed by atoms with Crippen molar-refractivity contribution in [1.82, 2.24) is 15.3 Å². The maximum atomic E-state index is 12.3. The highest BCUT2D eigenvalue weighted by molar-refractivity contribution is 5.80. The monoisotopic (exact) mass is 341 g/mol. The maximum Gasteiger partial charge on any atom is 0.216 e. The molecule has 0 radical (unpaired) electrons. The smallest absolute Gasteiger partial charge is 0.216 e. The molecule has 134 valence electrons. The van der Waals surface area contributed by atoms with E-state index in [1.165, 1.54) is 16.7 Å². The Morgan fingerprint density at radius 1 is 1.20 bits per heavy atom. The molecule has 0 saturated heterocycles. The molecule has 2 aromatic rings. The Bertz CT molecular complexity index is 729. The summed E-state index contributed by atoms with van der Waals surface area (Å²) in [5.74, 6) is 1.17. The standard InChI is InChI=1S/C20H27N3O2/c1-5-21-13-16-7-6-14(2)17(11-16)8-9-18(24)12-19-22-15(3)10-20(23-19)25-4/h6-7,10-11,21H,5,8-9,12-13H2,1-4H3. The Hall–Kier alpha value is -2.27. The molecule has 1 N–H and O–H groups in total. The van der Waals surface area contributed by atoms with Gasteiger partial charge < -0.3 is 10.1 Å². The molecule has 5 heteroatoms. The molecular weight excluding hydrogens is 314 g/mol. The summed E-state index contributed by atoms with van der Waals surface area (Å²) in [6.45, 7) is 7.86. The van der Waals surface area contributed by atoms with Crippen LogP contribution in [0.1, 0.15) is 41.6 Å². The Morgan fingerprint density at radius 3 is 2.72 bits per heavy atom. The molecule has 1 heterocycles. The van der Waals surface area contributed by atoms with Crippen molar-refractivity contribution in [3.05, 3.63) is 52.5 Å². The van der Waals surface area contributed by atoms with Crippen molar-refractivity contribution in [2.75, 3.05) is 13.7 Å². The number of aryl methyl sites for hydroxylation is 3. The van der Waals surface area contributed by atoms with Gasteiger partial charge in [0, 0.05) is 24.7 Å². The summed E-state index contributed by atoms with van der Waals surface area (Å²) in [4.78, 5) is 20.9. The number of hydrogen-bond donors (Lipinski definition) is 1. The third kappa shape index (κ3) is 5.94. The first-order chi connectivity index (χ1) is 12.0. The SMILES string of the molecule is CCNCc1ccc(C)c(CCC(=O)Cc2nc(C)cc(OC)n2)c1. The summed E-state index contributed by atoms with van der Waals surface area (Å²) in [7, 11) is 1.57. The van der Waals surface area contributed by atoms with E-state index in [4.69, 9.17) is 4.74 Å². The molecule has 0 aliphatic rings. The number of ether oxygens (including phenoxy) is 1. The second-order valence-corrected chi connectivity index (χ2v) is 6.22. The summed E-state index contributed by atoms with van der Waals surface area (Å²) in [5.41, 5.74) is 4.51. The largest absolute Gasteiger partial charge is 0.481 e. The second-order valence-electron chi connectivity index (χ2n) is 6.22. The number of carbonyl (C=O) groups excluding carboxylic acids is 1. The number of aromatic nitrogens is 2. The molecule has 5 nitrogen and oxygen atoms in total. The fourth-order valence-corrected chi connectivity index (χ4v) is 2.69. The quantitative estimate of drug-likeness (QED) is 0.760. The molecule has 1 aromatic heterocycles. The summed E-state index contributed by atoms with van der Waals surface area (Å²) >= 11 is 0. The van der Waals surface area contributed by atoms with Gasteiger partial charge in [0.15, 0.2) is 0 Å². The first kappa shape index (κ1) is 19.1. The number of Topliss-reactive ketones (excluding diaryl/α,β-unsaturated/α-hetero) is 1. The number of hydrogen-bond acceptors (Lipinski definition) is 5. The van der Waals surface area contributed by atoms with Crippen LogP contribution in [0.2, 0.25) is 0 Å². The molecule has 0 unspecified atom stereocenters. The Labute approximate surface area is 149 Å². The van der Waals surface area contributed by atoms with Crippen LogP contribution < -0.4 is 10.1 Å². The van der Waals surface area contributed by atoms with Gasteiger partial charge in [0.25, 0.3) is 0 Å². The van der Waals surface area contributed by atoms with Crippen LogP contribution in [-0.2, 0) is 24.2 Å². The van der Waals surface area contributed by atoms with Gasteiger partial charge in [0.2, 0.25) is 5.88 Å². The number of methoxy groups -OCH3 is 1. The van der Waals surface area contributed by atoms with Gasteiger partial charge in [-0.15, -0.1) is 0 Å². The molecule has 0 fully saturated rings. The first-order valence-corrected chi connectivity index (χ1v) is 8.71. The average molecular weight is 341 g/mol. The van der Waals surface area contributed by atoms with Crippen molar-refractivity contribution in [2.24, 2.45) is 0 Å². The van der Waals surface area contributed by atoms with E-state index >= 15 is 0 Å². The highest BCUT2D eigenvalue weighted by Crippen LogP contribution is 2.15. The maximum absolute atomic E-state index is 12.3. The summed E-state index contributed by atoms with van der Waals surface area (Å²) in [5, 5.41) is 3.33. The molecule has 1 aromatic carbocycles. The summed E-state index contributed by atoms with van der Waals surface area (Å²) in [6.07, 6.45) is 1.48. The van der Waals surface area contributed by atoms with Crippen LogP contribution in [0.3, 0.4) is 0 Å². The molecule has 0 bridgehead atoms. The Kier molecular flexibility index (Phi) is 7.07. The van der Waals surface area contributed by atoms with Crippen molar-refractivity contribution >= 4 is 5.78 Å². The molecule has 25 heavy (non-hydrogen) atoms. The zero-order chi connectivity index (χ0) is 18.2. The minimum Gasteiger partial charge on any atom is -0.481 e. The second kappa shape index (κ2) is 9.28. The molecule has 2 rings (SSSR count). The van der Waals surface area contributed by atoms with Crippen LogP contribution in [-0.4, -0.2) is 29.4 Å². The zero-order valence-corrected chi connectivity index (χ0v) is 15.6. The van der Waals surface area contributed by atoms with Gasteiger partial charge in [-0.25, -0.2) is 4.98 Å². The van der Waals surface area contributed by atoms with E-state index in [-0.39, 0.29) is 12.2 Å². The fraction of sp³-hybridized carbons (Fsp3) is 0.450. The Morgan fingerprint density at radius 2 is 2.00 bits per heavy atom. The van der Waals surface area contributed by atoms with Gasteiger partial charge >= 0.3 is 0 Å². The van der Waals surface area contributed by atoms with Gasteiger partial charge in [-0.05, 0) is 43.5 Å². The van der Waals surface area contributed by atoms with Gasteiger partial charge in [0.1, 0.15) is 11.6 Å². The zero-order valence-electron chi connectivity index (χ0n) is 15.6. The molecule has 0 atom stereocenters. The molecule has 0 aliphatic heterocycles. The van der Waals surface area contributed by atoms with Crippen LogP contribution in [0.4, 0.5) is 0 Å². The molecule has 0 aliphatic carbocycles. The number of ketones is 1. The van der Waals surface area contributed by atoms with Crippen molar-refractivity contribution in [1.29, 1.82) is 0 Å². The Balaban J connectivity index is 1.96. The molecule has 0 saturated carbocycles. The molecular formula is C20H27N3O2. The topological polar surface area (TPSA) is 64.1 Å². The van der Waals surface area contributed by atoms with Crippen molar-refractivity contribution in [3.8, 4) is 5.88 Å². The lowest BCUT2D eigenvalue weighted by atomic mass is 9.99. The minimum absolute atomic E-state index is 0.143. The van der Waals surface area contributed by atoms with Crippen LogP contribution in [0, 0.1) is 13.8 Å². The number of nitrogens with one attached hydrogen (secondary N) is 1. The third-order valence-electron chi connectivity index (χ3n) is 4.11. The van der Waals surface area contributed by atoms with Gasteiger partial charge in [-0.3, -0.25) is 4.79 Å². The van der Waals surface area contributed by atoms with E-state index < -0.39 is 0 Å². The van der Waals surface area contributed by atoms with Gasteiger partial charge in [-0.2, -0.15) is 4.98 Å². The van der Waals surface area contributed by atoms with Gasteiger partial charge in [-0.1, -0.05) is 25.1 Å². The lowest BCUT2D eigenvalue weighted by Gasteiger charge is -2.09. The van der Waals surface area contributed by atoms with E-state index in [2.05, 4.69) is 47.3 Å². The highest BCUT2D eigenvalue weighted by Gasteiger charge is 2.10. The van der Waals surface area contributed by atoms with Crippen molar-refractivity contribution in [2.45, 2.75) is 46.6 Å². The highest BCUT2D eigenvalue weighted by atomic mass is 16.5. The number of rotatable bonds is 9. The van der Waals surface area contributed by atoms with E-state index in [1.807, 2.05) is 6.92 Å². The summed E-state index contributed by atoms with van der Waals surface area (Å²) in [6, 6.07) is 8.21. The van der Waals surface area contributed by atoms with Crippen LogP contribution in [0.25, 0.3) is 0 Å². The van der Waals surface area contributed by atoms with E-state index in [0.717, 1.165) is 25.2 Å². The molecule has 0 spiro atoms. The predicted molar refractivity (Wildman–Crippen MR) is 98.9 cm³/mol. The lowest BCUT2D eigenvalue weighted by Crippen LogP contribution is -2.12. The fourth-order valence-electron chi connectivity index (χ4n) is 2.69. The van der Waals surface area contributed by atoms with Crippen molar-refractivity contribution < 1.29 is 9.53 Å². The third-order valence-corrected chi connectivity index (χ3v) is 4.11. The lowest BCUT2D eigenvalue weighted by molar-refractivity contribution is -0.118. The average Bonchev–Trinajstić information content (AvgIpc) is 2.59. The van der Waals surface area contributed by atoms with Crippen LogP contribution in [0.15, 0.2) is 24.3 Å². The van der Waals surface area contributed by atoms with Crippen LogP contribution in [0.5, 0.6) is 5.88 Å². The normalized spacial score (nSPS) is 10.7. The van der Waals surface area contributed by atoms with E-state index in [9.17, 15) is 4.79 Å². The van der Waals surface area contributed by atoms with E-state index in [1.54, 1.807) is 13.2 Å². The number of benzene rings is 1. The van der Waals surface area contributed by atoms with Crippen molar-refractivity contribution in [3.63, 3.8) is 0 Å². The molecule has 0 amide bonds. The minimum atomic E-state index is 0.143. The predicted octanol–water partition coefficient (Wildman–Crippen LogP) is 2.96. The summed E-state index contributed by atoms with van der Waals surface area (Å²) < 4.78 is 5.14. The van der Waals surface area contributed by atoms with Gasteiger partial charge in [0.05, 0.1) is 13.5 Å². The van der Waals surface area contributed by atoms with Crippen LogP contribution >= 0.6 is 0 Å².